The maximum absolute atomic E-state index is 14.7. The Bertz CT molecular complexity index is 1580. The number of pyridine rings is 1. The number of thiazole rings is 1. The first-order valence-electron chi connectivity index (χ1n) is 12.6. The van der Waals surface area contributed by atoms with Gasteiger partial charge in [0.15, 0.2) is 12.5 Å². The summed E-state index contributed by atoms with van der Waals surface area (Å²) in [6, 6.07) is 1.83. The Morgan fingerprint density at radius 1 is 1.17 bits per heavy atom. The van der Waals surface area contributed by atoms with Crippen LogP contribution in [0.4, 0.5) is 14.5 Å². The largest absolute Gasteiger partial charge is 0.471 e. The number of carbonyl (C=O) groups is 1. The molecule has 0 bridgehead atoms. The zero-order valence-electron chi connectivity index (χ0n) is 21.7. The molecule has 0 unspecified atom stereocenters. The fourth-order valence-corrected chi connectivity index (χ4v) is 5.56. The maximum atomic E-state index is 14.7. The summed E-state index contributed by atoms with van der Waals surface area (Å²) in [7, 11) is -4.67. The average molecular weight is 610 g/mol. The van der Waals surface area contributed by atoms with Gasteiger partial charge in [-0.05, 0) is 44.7 Å². The van der Waals surface area contributed by atoms with Crippen molar-refractivity contribution < 1.29 is 37.2 Å². The van der Waals surface area contributed by atoms with Crippen molar-refractivity contribution in [1.82, 2.24) is 29.5 Å². The normalized spacial score (nSPS) is 17.6. The third-order valence-corrected chi connectivity index (χ3v) is 7.76. The van der Waals surface area contributed by atoms with Crippen LogP contribution in [0.15, 0.2) is 36.1 Å². The molecule has 41 heavy (non-hydrogen) atoms. The Labute approximate surface area is 236 Å². The molecule has 5 rings (SSSR count). The maximum Gasteiger partial charge on any atom is 0.471 e. The minimum atomic E-state index is -4.67. The van der Waals surface area contributed by atoms with Crippen molar-refractivity contribution in [2.45, 2.75) is 51.5 Å². The van der Waals surface area contributed by atoms with Gasteiger partial charge in [-0.3, -0.25) is 14.0 Å². The lowest BCUT2D eigenvalue weighted by Gasteiger charge is -2.28. The Balaban J connectivity index is 1.37. The van der Waals surface area contributed by atoms with E-state index in [4.69, 9.17) is 14.5 Å². The molecule has 1 fully saturated rings. The number of nitrogens with zero attached hydrogens (tertiary/aromatic N) is 6. The van der Waals surface area contributed by atoms with Gasteiger partial charge in [0.2, 0.25) is 5.95 Å². The van der Waals surface area contributed by atoms with Crippen molar-refractivity contribution in [2.24, 2.45) is 0 Å². The third kappa shape index (κ3) is 7.09. The van der Waals surface area contributed by atoms with Crippen LogP contribution in [0.3, 0.4) is 0 Å². The van der Waals surface area contributed by atoms with Crippen LogP contribution in [0.2, 0.25) is 0 Å². The predicted molar refractivity (Wildman–Crippen MR) is 143 cm³/mol. The molecular formula is C24H26F2N7O6PS. The molecule has 0 radical (unpaired) electrons. The third-order valence-electron chi connectivity index (χ3n) is 6.41. The lowest BCUT2D eigenvalue weighted by atomic mass is 9.93. The summed E-state index contributed by atoms with van der Waals surface area (Å²) < 4.78 is 52.5. The molecule has 0 aliphatic heterocycles. The molecule has 17 heteroatoms. The fraction of sp³-hybridized carbons (Fsp3) is 0.375. The van der Waals surface area contributed by atoms with E-state index in [1.807, 2.05) is 6.92 Å². The summed E-state index contributed by atoms with van der Waals surface area (Å²) in [5.74, 6) is -2.29. The van der Waals surface area contributed by atoms with Crippen LogP contribution in [-0.2, 0) is 20.6 Å². The number of rotatable bonds is 10. The van der Waals surface area contributed by atoms with Crippen LogP contribution < -0.4 is 5.32 Å². The zero-order chi connectivity index (χ0) is 29.1. The molecule has 13 nitrogen and oxygen atoms in total. The van der Waals surface area contributed by atoms with Crippen molar-refractivity contribution >= 4 is 30.8 Å². The smallest absolute Gasteiger partial charge is 0.379 e. The predicted octanol–water partition coefficient (Wildman–Crippen LogP) is 4.38. The second-order valence-electron chi connectivity index (χ2n) is 9.23. The summed E-state index contributed by atoms with van der Waals surface area (Å²) in [5, 5.41) is 13.1. The summed E-state index contributed by atoms with van der Waals surface area (Å²) in [6.45, 7) is 2.10. The van der Waals surface area contributed by atoms with Gasteiger partial charge < -0.3 is 19.8 Å². The van der Waals surface area contributed by atoms with Crippen LogP contribution in [0.1, 0.15) is 49.1 Å². The number of aromatic nitrogens is 6. The molecule has 218 valence electrons. The van der Waals surface area contributed by atoms with Crippen molar-refractivity contribution in [3.63, 3.8) is 0 Å². The van der Waals surface area contributed by atoms with Crippen LogP contribution in [-0.4, -0.2) is 57.9 Å². The van der Waals surface area contributed by atoms with E-state index < -0.39 is 32.2 Å². The molecule has 1 amide bonds. The van der Waals surface area contributed by atoms with Gasteiger partial charge in [-0.2, -0.15) is 14.6 Å². The Morgan fingerprint density at radius 2 is 1.95 bits per heavy atom. The fourth-order valence-electron chi connectivity index (χ4n) is 4.52. The number of hydrogen-bond acceptors (Lipinski definition) is 9. The van der Waals surface area contributed by atoms with Gasteiger partial charge in [0.1, 0.15) is 22.1 Å². The second-order valence-corrected chi connectivity index (χ2v) is 11.3. The van der Waals surface area contributed by atoms with Crippen LogP contribution in [0.5, 0.6) is 0 Å². The first kappa shape index (κ1) is 29.1. The van der Waals surface area contributed by atoms with E-state index >= 15 is 0 Å². The standard InChI is InChI=1S/C24H26F2N7O6PS/c1-2-38-16-5-3-15(4-6-16)33-11-18(22(31-33)21-17(25)7-8-20(26)30-21)28-23(34)19-12-41-24(29-19)14-9-27-32(10-14)13-39-40(35,36)37/h7-12,15-16H,2-6,13H2,1H3,(H,28,34)(H2,35,36,37). The number of halogens is 2. The lowest BCUT2D eigenvalue weighted by molar-refractivity contribution is 0.0260. The molecule has 1 saturated carbocycles. The van der Waals surface area contributed by atoms with Gasteiger partial charge in [-0.15, -0.1) is 11.3 Å². The van der Waals surface area contributed by atoms with Gasteiger partial charge >= 0.3 is 7.82 Å². The highest BCUT2D eigenvalue weighted by molar-refractivity contribution is 7.46. The molecule has 1 aliphatic rings. The number of amides is 1. The average Bonchev–Trinajstić information content (AvgIpc) is 3.69. The van der Waals surface area contributed by atoms with Gasteiger partial charge in [-0.25, -0.2) is 23.6 Å². The molecule has 0 atom stereocenters. The quantitative estimate of drug-likeness (QED) is 0.173. The summed E-state index contributed by atoms with van der Waals surface area (Å²) in [5.41, 5.74) is 0.351. The number of phosphoric acid groups is 1. The molecule has 0 saturated heterocycles. The Hall–Kier alpha value is -3.40. The molecule has 0 aromatic carbocycles. The SMILES string of the molecule is CCOC1CCC(n2cc(NC(=O)c3csc(-c4cnn(COP(=O)(O)O)c4)n3)c(-c3nc(F)ccc3F)n2)CC1. The van der Waals surface area contributed by atoms with Gasteiger partial charge in [-0.1, -0.05) is 0 Å². The van der Waals surface area contributed by atoms with E-state index in [1.54, 1.807) is 10.9 Å². The highest BCUT2D eigenvalue weighted by atomic mass is 32.1. The highest BCUT2D eigenvalue weighted by Gasteiger charge is 2.27. The summed E-state index contributed by atoms with van der Waals surface area (Å²) in [4.78, 5) is 38.9. The molecule has 4 heterocycles. The zero-order valence-corrected chi connectivity index (χ0v) is 23.4. The first-order valence-corrected chi connectivity index (χ1v) is 15.0. The number of phosphoric ester groups is 1. The number of hydrogen-bond donors (Lipinski definition) is 3. The minimum Gasteiger partial charge on any atom is -0.379 e. The van der Waals surface area contributed by atoms with Crippen LogP contribution >= 0.6 is 19.2 Å². The number of nitrogens with one attached hydrogen (secondary N) is 1. The molecule has 1 aliphatic carbocycles. The second kappa shape index (κ2) is 12.2. The number of ether oxygens (including phenoxy) is 1. The molecular weight excluding hydrogens is 583 g/mol. The van der Waals surface area contributed by atoms with E-state index in [0.29, 0.717) is 17.2 Å². The Kier molecular flexibility index (Phi) is 8.68. The topological polar surface area (TPSA) is 167 Å². The van der Waals surface area contributed by atoms with E-state index in [-0.39, 0.29) is 34.9 Å². The summed E-state index contributed by atoms with van der Waals surface area (Å²) >= 11 is 1.14. The van der Waals surface area contributed by atoms with Crippen molar-refractivity contribution in [2.75, 3.05) is 11.9 Å². The van der Waals surface area contributed by atoms with E-state index in [9.17, 15) is 18.1 Å². The van der Waals surface area contributed by atoms with Crippen molar-refractivity contribution in [3.8, 4) is 22.0 Å². The van der Waals surface area contributed by atoms with Crippen LogP contribution in [0, 0.1) is 11.8 Å². The van der Waals surface area contributed by atoms with E-state index in [1.165, 1.54) is 22.5 Å². The van der Waals surface area contributed by atoms with Gasteiger partial charge in [0, 0.05) is 29.9 Å². The Morgan fingerprint density at radius 3 is 2.68 bits per heavy atom. The van der Waals surface area contributed by atoms with Gasteiger partial charge in [0.25, 0.3) is 5.91 Å². The van der Waals surface area contributed by atoms with Gasteiger partial charge in [0.05, 0.1) is 24.0 Å². The number of carbonyl (C=O) groups excluding carboxylic acids is 1. The van der Waals surface area contributed by atoms with E-state index in [0.717, 1.165) is 49.2 Å². The van der Waals surface area contributed by atoms with Crippen molar-refractivity contribution in [3.05, 3.63) is 53.6 Å². The van der Waals surface area contributed by atoms with Crippen LogP contribution in [0.25, 0.3) is 22.0 Å². The summed E-state index contributed by atoms with van der Waals surface area (Å²) in [6.07, 6.45) is 7.79. The number of anilines is 1. The molecule has 4 aromatic heterocycles. The molecule has 0 spiro atoms. The highest BCUT2D eigenvalue weighted by Crippen LogP contribution is 2.37. The van der Waals surface area contributed by atoms with Crippen molar-refractivity contribution in [1.29, 1.82) is 0 Å². The lowest BCUT2D eigenvalue weighted by Crippen LogP contribution is -2.24. The monoisotopic (exact) mass is 609 g/mol. The minimum absolute atomic E-state index is 0.0101. The first-order chi connectivity index (χ1) is 19.6. The van der Waals surface area contributed by atoms with E-state index in [2.05, 4.69) is 30.0 Å². The molecule has 3 N–H and O–H groups in total. The molecule has 4 aromatic rings.